The van der Waals surface area contributed by atoms with Crippen molar-refractivity contribution in [3.8, 4) is 0 Å². The fourth-order valence-electron chi connectivity index (χ4n) is 4.49. The van der Waals surface area contributed by atoms with Gasteiger partial charge in [0, 0.05) is 11.6 Å². The first kappa shape index (κ1) is 22.0. The molecular weight excluding hydrogens is 414 g/mol. The molecule has 9 heteroatoms. The van der Waals surface area contributed by atoms with Gasteiger partial charge in [-0.15, -0.1) is 0 Å². The van der Waals surface area contributed by atoms with Gasteiger partial charge in [0.25, 0.3) is 5.91 Å². The molecule has 3 amide bonds. The Morgan fingerprint density at radius 2 is 1.78 bits per heavy atom. The first-order valence-corrected chi connectivity index (χ1v) is 10.9. The second kappa shape index (κ2) is 9.12. The van der Waals surface area contributed by atoms with E-state index in [0.29, 0.717) is 31.2 Å². The number of aliphatic hydroxyl groups excluding tert-OH is 1. The maximum atomic E-state index is 13.4. The number of aryl methyl sites for hydroxylation is 1. The average molecular weight is 441 g/mol. The van der Waals surface area contributed by atoms with E-state index in [1.807, 2.05) is 31.2 Å². The fraction of sp³-hybridized carbons (Fsp3) is 0.478. The minimum atomic E-state index is -1.39. The van der Waals surface area contributed by atoms with E-state index >= 15 is 0 Å². The van der Waals surface area contributed by atoms with Crippen LogP contribution in [0, 0.1) is 6.92 Å². The molecule has 3 N–H and O–H groups in total. The lowest BCUT2D eigenvalue weighted by Gasteiger charge is -2.34. The number of carbonyl (C=O) groups is 4. The number of nitrogens with zero attached hydrogens (tertiary/aromatic N) is 1. The molecule has 5 atom stereocenters. The van der Waals surface area contributed by atoms with Crippen molar-refractivity contribution in [2.75, 3.05) is 0 Å². The quantitative estimate of drug-likeness (QED) is 0.463. The van der Waals surface area contributed by atoms with Gasteiger partial charge < -0.3 is 25.4 Å². The molecule has 0 aliphatic carbocycles. The summed E-state index contributed by atoms with van der Waals surface area (Å²) in [6, 6.07) is 4.56. The van der Waals surface area contributed by atoms with Crippen molar-refractivity contribution in [3.63, 3.8) is 0 Å². The Hall–Kier alpha value is -3.20. The summed E-state index contributed by atoms with van der Waals surface area (Å²) in [6.45, 7) is 1.93. The van der Waals surface area contributed by atoms with Gasteiger partial charge >= 0.3 is 5.97 Å². The topological polar surface area (TPSA) is 125 Å². The number of amides is 3. The second-order valence-corrected chi connectivity index (χ2v) is 8.53. The number of esters is 1. The summed E-state index contributed by atoms with van der Waals surface area (Å²) >= 11 is 0. The Bertz CT molecular complexity index is 944. The van der Waals surface area contributed by atoms with Crippen molar-refractivity contribution >= 4 is 23.7 Å². The predicted molar refractivity (Wildman–Crippen MR) is 113 cm³/mol. The van der Waals surface area contributed by atoms with E-state index < -0.39 is 36.3 Å². The van der Waals surface area contributed by atoms with E-state index in [4.69, 9.17) is 0 Å². The third-order valence-electron chi connectivity index (χ3n) is 6.23. The number of nitrogens with one attached hydrogen (secondary N) is 2. The van der Waals surface area contributed by atoms with Crippen LogP contribution in [0.15, 0.2) is 36.4 Å². The summed E-state index contributed by atoms with van der Waals surface area (Å²) < 4.78 is 4.68. The first-order chi connectivity index (χ1) is 15.3. The van der Waals surface area contributed by atoms with Crippen LogP contribution in [0.25, 0.3) is 0 Å². The van der Waals surface area contributed by atoms with E-state index in [0.717, 1.165) is 5.56 Å². The summed E-state index contributed by atoms with van der Waals surface area (Å²) in [4.78, 5) is 52.0. The number of hydrogen-bond acceptors (Lipinski definition) is 6. The van der Waals surface area contributed by atoms with E-state index in [-0.39, 0.29) is 24.3 Å². The van der Waals surface area contributed by atoms with Crippen LogP contribution >= 0.6 is 0 Å². The molecule has 0 spiro atoms. The Balaban J connectivity index is 1.49. The molecular formula is C23H27N3O6. The largest absolute Gasteiger partial charge is 0.434 e. The monoisotopic (exact) mass is 441 g/mol. The maximum absolute atomic E-state index is 13.4. The summed E-state index contributed by atoms with van der Waals surface area (Å²) in [5.74, 6) is -1.68. The summed E-state index contributed by atoms with van der Waals surface area (Å²) in [7, 11) is 0. The first-order valence-electron chi connectivity index (χ1n) is 10.9. The highest BCUT2D eigenvalue weighted by molar-refractivity contribution is 5.98. The highest BCUT2D eigenvalue weighted by Crippen LogP contribution is 2.30. The SMILES string of the molecule is Cc1ccc(C(=O)N[C@H]2CC=CC[C@@H]3CC[C@@H](C(=O)NC4CC(=O)OC4O)N3C2=O)cc1. The number of hydrogen-bond donors (Lipinski definition) is 3. The molecule has 3 aliphatic rings. The van der Waals surface area contributed by atoms with Gasteiger partial charge in [0.1, 0.15) is 18.1 Å². The maximum Gasteiger partial charge on any atom is 0.310 e. The van der Waals surface area contributed by atoms with E-state index in [2.05, 4.69) is 15.4 Å². The lowest BCUT2D eigenvalue weighted by molar-refractivity contribution is -0.155. The normalized spacial score (nSPS) is 29.7. The minimum absolute atomic E-state index is 0.116. The average Bonchev–Trinajstić information content (AvgIpc) is 3.31. The number of aliphatic hydroxyl groups is 1. The molecule has 1 aromatic rings. The Morgan fingerprint density at radius 1 is 1.06 bits per heavy atom. The summed E-state index contributed by atoms with van der Waals surface area (Å²) in [5, 5.41) is 15.2. The second-order valence-electron chi connectivity index (χ2n) is 8.53. The van der Waals surface area contributed by atoms with Gasteiger partial charge in [0.05, 0.1) is 6.42 Å². The molecule has 3 heterocycles. The third kappa shape index (κ3) is 4.52. The third-order valence-corrected chi connectivity index (χ3v) is 6.23. The summed E-state index contributed by atoms with van der Waals surface area (Å²) in [6.07, 6.45) is 4.43. The van der Waals surface area contributed by atoms with Gasteiger partial charge in [0.2, 0.25) is 18.1 Å². The van der Waals surface area contributed by atoms with Crippen LogP contribution in [0.4, 0.5) is 0 Å². The fourth-order valence-corrected chi connectivity index (χ4v) is 4.49. The number of carbonyl (C=O) groups excluding carboxylic acids is 4. The zero-order chi connectivity index (χ0) is 22.8. The molecule has 4 rings (SSSR count). The smallest absolute Gasteiger partial charge is 0.310 e. The Kier molecular flexibility index (Phi) is 6.27. The molecule has 0 bridgehead atoms. The minimum Gasteiger partial charge on any atom is -0.434 e. The molecule has 2 saturated heterocycles. The molecule has 0 saturated carbocycles. The Labute approximate surface area is 185 Å². The van der Waals surface area contributed by atoms with Crippen LogP contribution in [0.3, 0.4) is 0 Å². The van der Waals surface area contributed by atoms with Crippen molar-refractivity contribution in [1.82, 2.24) is 15.5 Å². The Morgan fingerprint density at radius 3 is 2.47 bits per heavy atom. The molecule has 3 aliphatic heterocycles. The molecule has 32 heavy (non-hydrogen) atoms. The molecule has 2 unspecified atom stereocenters. The molecule has 0 radical (unpaired) electrons. The van der Waals surface area contributed by atoms with Crippen LogP contribution < -0.4 is 10.6 Å². The van der Waals surface area contributed by atoms with Crippen LogP contribution in [-0.2, 0) is 19.1 Å². The van der Waals surface area contributed by atoms with Crippen molar-refractivity contribution in [3.05, 3.63) is 47.5 Å². The lowest BCUT2D eigenvalue weighted by Crippen LogP contribution is -2.57. The molecule has 170 valence electrons. The highest BCUT2D eigenvalue weighted by Gasteiger charge is 2.45. The molecule has 2 fully saturated rings. The van der Waals surface area contributed by atoms with Gasteiger partial charge in [0.15, 0.2) is 0 Å². The number of ether oxygens (including phenoxy) is 1. The van der Waals surface area contributed by atoms with E-state index in [9.17, 15) is 24.3 Å². The molecule has 9 nitrogen and oxygen atoms in total. The highest BCUT2D eigenvalue weighted by atomic mass is 16.6. The number of cyclic esters (lactones) is 1. The summed E-state index contributed by atoms with van der Waals surface area (Å²) in [5.41, 5.74) is 1.49. The zero-order valence-electron chi connectivity index (χ0n) is 17.8. The number of rotatable bonds is 4. The lowest BCUT2D eigenvalue weighted by atomic mass is 10.0. The molecule has 1 aromatic carbocycles. The predicted octanol–water partition coefficient (Wildman–Crippen LogP) is 0.553. The van der Waals surface area contributed by atoms with Crippen molar-refractivity contribution < 1.29 is 29.0 Å². The van der Waals surface area contributed by atoms with Gasteiger partial charge in [-0.2, -0.15) is 0 Å². The van der Waals surface area contributed by atoms with E-state index in [1.54, 1.807) is 17.0 Å². The van der Waals surface area contributed by atoms with Crippen LogP contribution in [0.2, 0.25) is 0 Å². The van der Waals surface area contributed by atoms with Crippen molar-refractivity contribution in [2.45, 2.75) is 69.5 Å². The number of fused-ring (bicyclic) bond motifs is 1. The standard InChI is InChI=1S/C23H27N3O6/c1-13-6-8-14(9-7-13)20(28)24-16-5-3-2-4-15-10-11-18(26(15)22(16)30)21(29)25-17-12-19(27)32-23(17)31/h2-3,6-9,15-18,23,31H,4-5,10-12H2,1H3,(H,24,28)(H,25,29)/t15-,16+,17?,18+,23?/m1/s1. The number of benzene rings is 1. The van der Waals surface area contributed by atoms with Crippen molar-refractivity contribution in [1.29, 1.82) is 0 Å². The van der Waals surface area contributed by atoms with Gasteiger partial charge in [-0.1, -0.05) is 29.8 Å². The zero-order valence-corrected chi connectivity index (χ0v) is 17.8. The van der Waals surface area contributed by atoms with Crippen LogP contribution in [0.1, 0.15) is 48.0 Å². The van der Waals surface area contributed by atoms with Crippen LogP contribution in [-0.4, -0.2) is 64.2 Å². The molecule has 0 aromatic heterocycles. The van der Waals surface area contributed by atoms with E-state index in [1.165, 1.54) is 0 Å². The van der Waals surface area contributed by atoms with Gasteiger partial charge in [-0.25, -0.2) is 0 Å². The van der Waals surface area contributed by atoms with Gasteiger partial charge in [-0.3, -0.25) is 19.2 Å². The van der Waals surface area contributed by atoms with Gasteiger partial charge in [-0.05, 0) is 44.7 Å². The van der Waals surface area contributed by atoms with Crippen LogP contribution in [0.5, 0.6) is 0 Å². The van der Waals surface area contributed by atoms with Crippen molar-refractivity contribution in [2.24, 2.45) is 0 Å².